The lowest BCUT2D eigenvalue weighted by molar-refractivity contribution is -0.128. The SMILES string of the molecule is CCN1CC(C(=O)Nc2c3ccccc3n3c(C)nc4ccccc4c23)CC1=O. The Hall–Kier alpha value is -3.41. The van der Waals surface area contributed by atoms with E-state index in [-0.39, 0.29) is 24.2 Å². The van der Waals surface area contributed by atoms with Crippen LogP contribution >= 0.6 is 0 Å². The summed E-state index contributed by atoms with van der Waals surface area (Å²) in [7, 11) is 0. The predicted octanol–water partition coefficient (Wildman–Crippen LogP) is 3.76. The van der Waals surface area contributed by atoms with Crippen LogP contribution in [0.3, 0.4) is 0 Å². The average molecular weight is 386 g/mol. The van der Waals surface area contributed by atoms with E-state index < -0.39 is 0 Å². The summed E-state index contributed by atoms with van der Waals surface area (Å²) in [6.45, 7) is 5.03. The Kier molecular flexibility index (Phi) is 4.01. The van der Waals surface area contributed by atoms with E-state index in [4.69, 9.17) is 4.98 Å². The van der Waals surface area contributed by atoms with Crippen LogP contribution in [0.15, 0.2) is 48.5 Å². The quantitative estimate of drug-likeness (QED) is 0.583. The van der Waals surface area contributed by atoms with Crippen molar-refractivity contribution in [2.75, 3.05) is 18.4 Å². The molecule has 5 rings (SSSR count). The zero-order valence-corrected chi connectivity index (χ0v) is 16.5. The van der Waals surface area contributed by atoms with Crippen molar-refractivity contribution >= 4 is 44.8 Å². The summed E-state index contributed by atoms with van der Waals surface area (Å²) in [6, 6.07) is 16.0. The van der Waals surface area contributed by atoms with Gasteiger partial charge in [0.1, 0.15) is 5.82 Å². The van der Waals surface area contributed by atoms with Crippen molar-refractivity contribution in [3.8, 4) is 0 Å². The van der Waals surface area contributed by atoms with Crippen molar-refractivity contribution in [2.24, 2.45) is 5.92 Å². The first kappa shape index (κ1) is 17.7. The molecule has 1 saturated heterocycles. The number of benzene rings is 2. The minimum absolute atomic E-state index is 0.0461. The van der Waals surface area contributed by atoms with E-state index in [0.29, 0.717) is 13.1 Å². The summed E-state index contributed by atoms with van der Waals surface area (Å²) in [5.41, 5.74) is 3.63. The van der Waals surface area contributed by atoms with Crippen molar-refractivity contribution in [1.29, 1.82) is 0 Å². The largest absolute Gasteiger partial charge is 0.342 e. The lowest BCUT2D eigenvalue weighted by Crippen LogP contribution is -2.28. The molecule has 1 unspecified atom stereocenters. The molecule has 2 aromatic carbocycles. The highest BCUT2D eigenvalue weighted by Gasteiger charge is 2.34. The van der Waals surface area contributed by atoms with Crippen LogP contribution in [-0.4, -0.2) is 39.2 Å². The normalized spacial score (nSPS) is 17.0. The maximum Gasteiger partial charge on any atom is 0.229 e. The fourth-order valence-electron chi connectivity index (χ4n) is 4.43. The van der Waals surface area contributed by atoms with Gasteiger partial charge in [-0.1, -0.05) is 36.4 Å². The maximum absolute atomic E-state index is 13.1. The van der Waals surface area contributed by atoms with Crippen molar-refractivity contribution < 1.29 is 9.59 Å². The smallest absolute Gasteiger partial charge is 0.229 e. The summed E-state index contributed by atoms with van der Waals surface area (Å²) in [5, 5.41) is 5.13. The molecule has 146 valence electrons. The topological polar surface area (TPSA) is 66.7 Å². The average Bonchev–Trinajstić information content (AvgIpc) is 3.27. The molecule has 1 atom stereocenters. The van der Waals surface area contributed by atoms with E-state index in [9.17, 15) is 9.59 Å². The van der Waals surface area contributed by atoms with Gasteiger partial charge in [-0.25, -0.2) is 4.98 Å². The Balaban J connectivity index is 1.70. The van der Waals surface area contributed by atoms with Crippen LogP contribution in [0.25, 0.3) is 27.3 Å². The van der Waals surface area contributed by atoms with Gasteiger partial charge >= 0.3 is 0 Å². The predicted molar refractivity (Wildman–Crippen MR) is 114 cm³/mol. The number of likely N-dealkylation sites (tertiary alicyclic amines) is 1. The van der Waals surface area contributed by atoms with Gasteiger partial charge in [-0.15, -0.1) is 0 Å². The minimum Gasteiger partial charge on any atom is -0.342 e. The third-order valence-electron chi connectivity index (χ3n) is 5.85. The first-order valence-electron chi connectivity index (χ1n) is 9.95. The standard InChI is InChI=1S/C23H22N4O2/c1-3-26-13-15(12-20(26)28)23(29)25-21-17-9-5-7-11-19(17)27-14(2)24-18-10-6-4-8-16(18)22(21)27/h4-11,15H,3,12-13H2,1-2H3,(H,25,29). The van der Waals surface area contributed by atoms with Crippen LogP contribution in [-0.2, 0) is 9.59 Å². The van der Waals surface area contributed by atoms with Gasteiger partial charge in [0.25, 0.3) is 0 Å². The summed E-state index contributed by atoms with van der Waals surface area (Å²) >= 11 is 0. The van der Waals surface area contributed by atoms with Crippen molar-refractivity contribution in [3.05, 3.63) is 54.4 Å². The van der Waals surface area contributed by atoms with Crippen LogP contribution in [0, 0.1) is 12.8 Å². The van der Waals surface area contributed by atoms with E-state index in [1.54, 1.807) is 4.90 Å². The number of amides is 2. The van der Waals surface area contributed by atoms with Crippen LogP contribution in [0.5, 0.6) is 0 Å². The third-order valence-corrected chi connectivity index (χ3v) is 5.85. The summed E-state index contributed by atoms with van der Waals surface area (Å²) in [4.78, 5) is 31.7. The number of carbonyl (C=O) groups excluding carboxylic acids is 2. The monoisotopic (exact) mass is 386 g/mol. The number of nitrogens with one attached hydrogen (secondary N) is 1. The molecule has 4 aromatic rings. The van der Waals surface area contributed by atoms with Crippen molar-refractivity contribution in [1.82, 2.24) is 14.3 Å². The number of aromatic nitrogens is 2. The fourth-order valence-corrected chi connectivity index (χ4v) is 4.43. The van der Waals surface area contributed by atoms with Gasteiger partial charge < -0.3 is 10.2 Å². The number of fused-ring (bicyclic) bond motifs is 5. The molecular weight excluding hydrogens is 364 g/mol. The minimum atomic E-state index is -0.328. The Morgan fingerprint density at radius 2 is 1.86 bits per heavy atom. The summed E-state index contributed by atoms with van der Waals surface area (Å²) in [6.07, 6.45) is 0.269. The second kappa shape index (κ2) is 6.58. The molecule has 1 aliphatic heterocycles. The molecule has 0 saturated carbocycles. The lowest BCUT2D eigenvalue weighted by Gasteiger charge is -2.14. The lowest BCUT2D eigenvalue weighted by atomic mass is 10.1. The fraction of sp³-hybridized carbons (Fsp3) is 0.261. The maximum atomic E-state index is 13.1. The van der Waals surface area contributed by atoms with Crippen molar-refractivity contribution in [2.45, 2.75) is 20.3 Å². The number of hydrogen-bond donors (Lipinski definition) is 1. The molecule has 1 N–H and O–H groups in total. The van der Waals surface area contributed by atoms with E-state index in [2.05, 4.69) is 9.72 Å². The highest BCUT2D eigenvalue weighted by molar-refractivity contribution is 6.16. The van der Waals surface area contributed by atoms with E-state index in [1.165, 1.54) is 0 Å². The zero-order valence-electron chi connectivity index (χ0n) is 16.5. The van der Waals surface area contributed by atoms with E-state index in [1.807, 2.05) is 62.4 Å². The number of nitrogens with zero attached hydrogens (tertiary/aromatic N) is 3. The van der Waals surface area contributed by atoms with Crippen LogP contribution < -0.4 is 5.32 Å². The Morgan fingerprint density at radius 3 is 2.62 bits per heavy atom. The summed E-state index contributed by atoms with van der Waals surface area (Å²) in [5.74, 6) is 0.477. The highest BCUT2D eigenvalue weighted by atomic mass is 16.2. The molecule has 1 aliphatic rings. The molecule has 6 nitrogen and oxygen atoms in total. The second-order valence-electron chi connectivity index (χ2n) is 7.58. The van der Waals surface area contributed by atoms with Gasteiger partial charge in [-0.05, 0) is 26.0 Å². The molecule has 3 heterocycles. The molecule has 0 aliphatic carbocycles. The van der Waals surface area contributed by atoms with Gasteiger partial charge in [-0.3, -0.25) is 14.0 Å². The number of carbonyl (C=O) groups is 2. The Bertz CT molecular complexity index is 1290. The molecule has 2 aromatic heterocycles. The number of hydrogen-bond acceptors (Lipinski definition) is 3. The second-order valence-corrected chi connectivity index (χ2v) is 7.58. The van der Waals surface area contributed by atoms with Gasteiger partial charge in [0.15, 0.2) is 0 Å². The van der Waals surface area contributed by atoms with Crippen LogP contribution in [0.1, 0.15) is 19.2 Å². The molecule has 29 heavy (non-hydrogen) atoms. The Labute approximate surface area is 168 Å². The highest BCUT2D eigenvalue weighted by Crippen LogP contribution is 2.36. The van der Waals surface area contributed by atoms with Gasteiger partial charge in [0, 0.05) is 30.3 Å². The van der Waals surface area contributed by atoms with E-state index >= 15 is 0 Å². The molecule has 1 fully saturated rings. The number of para-hydroxylation sites is 2. The molecule has 0 radical (unpaired) electrons. The van der Waals surface area contributed by atoms with Gasteiger partial charge in [0.2, 0.25) is 11.8 Å². The van der Waals surface area contributed by atoms with Crippen molar-refractivity contribution in [3.63, 3.8) is 0 Å². The molecule has 2 amide bonds. The molecule has 0 spiro atoms. The first-order chi connectivity index (χ1) is 14.1. The summed E-state index contributed by atoms with van der Waals surface area (Å²) < 4.78 is 2.10. The van der Waals surface area contributed by atoms with Crippen LogP contribution in [0.4, 0.5) is 5.69 Å². The molecular formula is C23H22N4O2. The third kappa shape index (κ3) is 2.67. The number of aryl methyl sites for hydroxylation is 1. The van der Waals surface area contributed by atoms with Gasteiger partial charge in [0.05, 0.1) is 28.2 Å². The van der Waals surface area contributed by atoms with Crippen LogP contribution in [0.2, 0.25) is 0 Å². The molecule has 0 bridgehead atoms. The zero-order chi connectivity index (χ0) is 20.1. The molecule has 6 heteroatoms. The number of anilines is 1. The Morgan fingerprint density at radius 1 is 1.14 bits per heavy atom. The first-order valence-corrected chi connectivity index (χ1v) is 9.95. The van der Waals surface area contributed by atoms with E-state index in [0.717, 1.165) is 38.8 Å². The number of rotatable bonds is 3. The van der Waals surface area contributed by atoms with Gasteiger partial charge in [-0.2, -0.15) is 0 Å².